The molecule has 0 bridgehead atoms. The van der Waals surface area contributed by atoms with Gasteiger partial charge < -0.3 is 24.2 Å². The van der Waals surface area contributed by atoms with Crippen LogP contribution in [0, 0.1) is 16.7 Å². The molecule has 1 aliphatic heterocycles. The van der Waals surface area contributed by atoms with Crippen LogP contribution in [0.4, 0.5) is 0 Å². The van der Waals surface area contributed by atoms with Crippen LogP contribution in [0.2, 0.25) is 0 Å². The van der Waals surface area contributed by atoms with Crippen molar-refractivity contribution >= 4 is 23.5 Å². The number of carbonyl (C=O) groups excluding carboxylic acids is 4. The molecule has 9 heteroatoms. The number of aliphatic hydroxyl groups excluding tert-OH is 1. The molecule has 0 amide bonds. The van der Waals surface area contributed by atoms with Crippen molar-refractivity contribution in [1.82, 2.24) is 4.90 Å². The molecular formula is C29H35NO8. The van der Waals surface area contributed by atoms with E-state index < -0.39 is 46.9 Å². The molecule has 0 aromatic rings. The number of ketones is 2. The number of Topliss-reactive ketones (excluding diaryl/α,β-unsaturated/α-hetero) is 2. The molecule has 3 aliphatic carbocycles. The molecule has 1 saturated heterocycles. The summed E-state index contributed by atoms with van der Waals surface area (Å²) in [6.07, 6.45) is 3.36. The van der Waals surface area contributed by atoms with Gasteiger partial charge in [0.1, 0.15) is 18.5 Å². The molecule has 5 atom stereocenters. The number of hydrogen-bond acceptors (Lipinski definition) is 9. The summed E-state index contributed by atoms with van der Waals surface area (Å²) < 4.78 is 16.7. The summed E-state index contributed by atoms with van der Waals surface area (Å²) in [4.78, 5) is 54.6. The van der Waals surface area contributed by atoms with Crippen LogP contribution < -0.4 is 0 Å². The molecule has 2 fully saturated rings. The van der Waals surface area contributed by atoms with Crippen molar-refractivity contribution in [3.8, 4) is 0 Å². The predicted octanol–water partition coefficient (Wildman–Crippen LogP) is 2.57. The lowest BCUT2D eigenvalue weighted by Crippen LogP contribution is -2.53. The number of methoxy groups -OCH3 is 1. The van der Waals surface area contributed by atoms with Gasteiger partial charge in [-0.3, -0.25) is 14.4 Å². The third-order valence-electron chi connectivity index (χ3n) is 8.34. The number of hydrogen-bond donors (Lipinski definition) is 1. The molecule has 38 heavy (non-hydrogen) atoms. The number of rotatable bonds is 8. The Morgan fingerprint density at radius 3 is 2.47 bits per heavy atom. The summed E-state index contributed by atoms with van der Waals surface area (Å²) in [5, 5.41) is 11.0. The van der Waals surface area contributed by atoms with Crippen LogP contribution in [-0.4, -0.2) is 72.7 Å². The molecule has 0 radical (unpaired) electrons. The Bertz CT molecular complexity index is 1200. The number of allylic oxidation sites excluding steroid dienone is 1. The van der Waals surface area contributed by atoms with E-state index in [4.69, 9.17) is 14.2 Å². The highest BCUT2D eigenvalue weighted by Crippen LogP contribution is 2.61. The SMILES string of the molecule is C=CCN(/C=C1\C(=O)OC[C@]2(C)C1=C(C(O)OC)C(=O)C1=C2C(OC(C)=O)C[C@]2(C)C(=O)CCC12)CC=C. The lowest BCUT2D eigenvalue weighted by molar-refractivity contribution is -0.152. The standard InChI is InChI=1S/C29H35NO8/c1-7-11-30(12-8-2)14-17-23-22(27(35)36-6)25(33)21-18-9-10-20(32)28(18,4)13-19(38-16(3)31)24(21)29(23,5)15-37-26(17)34/h7-8,14,18-19,27,35H,1-2,9-13,15H2,3-6H3/b17-14-/t18?,19?,27?,28-,29+/m0/s1. The molecule has 0 spiro atoms. The van der Waals surface area contributed by atoms with Crippen molar-refractivity contribution in [2.75, 3.05) is 26.8 Å². The van der Waals surface area contributed by atoms with E-state index in [0.717, 1.165) is 0 Å². The topological polar surface area (TPSA) is 119 Å². The Morgan fingerprint density at radius 2 is 1.89 bits per heavy atom. The Balaban J connectivity index is 2.03. The minimum Gasteiger partial charge on any atom is -0.461 e. The number of aliphatic hydroxyl groups is 1. The zero-order chi connectivity index (χ0) is 28.0. The number of ether oxygens (including phenoxy) is 3. The third-order valence-corrected chi connectivity index (χ3v) is 8.34. The Morgan fingerprint density at radius 1 is 1.24 bits per heavy atom. The minimum atomic E-state index is -1.63. The van der Waals surface area contributed by atoms with Gasteiger partial charge >= 0.3 is 11.9 Å². The number of carbonyl (C=O) groups is 4. The predicted molar refractivity (Wildman–Crippen MR) is 137 cm³/mol. The van der Waals surface area contributed by atoms with Crippen molar-refractivity contribution in [3.63, 3.8) is 0 Å². The fourth-order valence-electron chi connectivity index (χ4n) is 6.71. The van der Waals surface area contributed by atoms with Crippen molar-refractivity contribution in [3.05, 3.63) is 59.4 Å². The number of fused-ring (bicyclic) bond motifs is 4. The quantitative estimate of drug-likeness (QED) is 0.221. The van der Waals surface area contributed by atoms with Crippen LogP contribution in [0.15, 0.2) is 59.4 Å². The molecule has 4 aliphatic rings. The van der Waals surface area contributed by atoms with Crippen molar-refractivity contribution in [2.24, 2.45) is 16.7 Å². The van der Waals surface area contributed by atoms with Gasteiger partial charge in [0.2, 0.25) is 0 Å². The van der Waals surface area contributed by atoms with E-state index in [1.165, 1.54) is 14.0 Å². The van der Waals surface area contributed by atoms with Gasteiger partial charge in [-0.1, -0.05) is 19.1 Å². The zero-order valence-electron chi connectivity index (χ0n) is 22.4. The van der Waals surface area contributed by atoms with Crippen LogP contribution in [0.3, 0.4) is 0 Å². The first-order valence-corrected chi connectivity index (χ1v) is 12.7. The molecule has 1 N–H and O–H groups in total. The van der Waals surface area contributed by atoms with Crippen molar-refractivity contribution in [2.45, 2.75) is 52.4 Å². The number of nitrogens with zero attached hydrogens (tertiary/aromatic N) is 1. The molecule has 4 rings (SSSR count). The average Bonchev–Trinajstić information content (AvgIpc) is 3.15. The maximum atomic E-state index is 14.3. The largest absolute Gasteiger partial charge is 0.461 e. The molecule has 204 valence electrons. The second kappa shape index (κ2) is 10.1. The van der Waals surface area contributed by atoms with Gasteiger partial charge in [-0.2, -0.15) is 0 Å². The third kappa shape index (κ3) is 4.18. The highest BCUT2D eigenvalue weighted by Gasteiger charge is 2.62. The van der Waals surface area contributed by atoms with Crippen molar-refractivity contribution < 1.29 is 38.5 Å². The average molecular weight is 526 g/mol. The fraction of sp³-hybridized carbons (Fsp3) is 0.517. The molecule has 0 aromatic heterocycles. The highest BCUT2D eigenvalue weighted by atomic mass is 16.6. The second-order valence-electron chi connectivity index (χ2n) is 10.7. The molecule has 1 saturated carbocycles. The normalized spacial score (nSPS) is 32.3. The van der Waals surface area contributed by atoms with Crippen molar-refractivity contribution in [1.29, 1.82) is 0 Å². The molecular weight excluding hydrogens is 490 g/mol. The maximum absolute atomic E-state index is 14.3. The summed E-state index contributed by atoms with van der Waals surface area (Å²) >= 11 is 0. The molecule has 3 unspecified atom stereocenters. The molecule has 0 aromatic carbocycles. The lowest BCUT2D eigenvalue weighted by atomic mass is 9.54. The second-order valence-corrected chi connectivity index (χ2v) is 10.7. The summed E-state index contributed by atoms with van der Waals surface area (Å²) in [6.45, 7) is 13.1. The molecule has 1 heterocycles. The molecule has 9 nitrogen and oxygen atoms in total. The highest BCUT2D eigenvalue weighted by molar-refractivity contribution is 6.15. The van der Waals surface area contributed by atoms with E-state index in [2.05, 4.69) is 13.2 Å². The minimum absolute atomic E-state index is 0.00733. The smallest absolute Gasteiger partial charge is 0.339 e. The van der Waals surface area contributed by atoms with Gasteiger partial charge in [-0.15, -0.1) is 13.2 Å². The Kier molecular flexibility index (Phi) is 7.38. The van der Waals surface area contributed by atoms with Gasteiger partial charge in [0.15, 0.2) is 12.1 Å². The monoisotopic (exact) mass is 525 g/mol. The summed E-state index contributed by atoms with van der Waals surface area (Å²) in [5.41, 5.74) is -0.868. The van der Waals surface area contributed by atoms with E-state index in [0.29, 0.717) is 37.1 Å². The van der Waals surface area contributed by atoms with Gasteiger partial charge in [-0.25, -0.2) is 4.79 Å². The number of cyclic esters (lactones) is 1. The maximum Gasteiger partial charge on any atom is 0.339 e. The van der Waals surface area contributed by atoms with Crippen LogP contribution in [0.25, 0.3) is 0 Å². The van der Waals surface area contributed by atoms with Crippen LogP contribution in [0.1, 0.15) is 40.0 Å². The van der Waals surface area contributed by atoms with Crippen LogP contribution in [0.5, 0.6) is 0 Å². The summed E-state index contributed by atoms with van der Waals surface area (Å²) in [6, 6.07) is 0. The Hall–Kier alpha value is -3.30. The van der Waals surface area contributed by atoms with Gasteiger partial charge in [0.25, 0.3) is 0 Å². The fourth-order valence-corrected chi connectivity index (χ4v) is 6.71. The van der Waals surface area contributed by atoms with E-state index in [1.807, 2.05) is 13.8 Å². The summed E-state index contributed by atoms with van der Waals surface area (Å²) in [5.74, 6) is -2.14. The first kappa shape index (κ1) is 27.7. The van der Waals surface area contributed by atoms with Crippen LogP contribution in [-0.2, 0) is 33.4 Å². The van der Waals surface area contributed by atoms with E-state index >= 15 is 0 Å². The van der Waals surface area contributed by atoms with Gasteiger partial charge in [0, 0.05) is 63.1 Å². The summed E-state index contributed by atoms with van der Waals surface area (Å²) in [7, 11) is 1.27. The van der Waals surface area contributed by atoms with Crippen LogP contribution >= 0.6 is 0 Å². The first-order chi connectivity index (χ1) is 17.9. The Labute approximate surface area is 222 Å². The lowest BCUT2D eigenvalue weighted by Gasteiger charge is -2.51. The first-order valence-electron chi connectivity index (χ1n) is 12.7. The van der Waals surface area contributed by atoms with E-state index in [9.17, 15) is 24.3 Å². The van der Waals surface area contributed by atoms with E-state index in [1.54, 1.807) is 23.3 Å². The number of esters is 2. The van der Waals surface area contributed by atoms with E-state index in [-0.39, 0.29) is 35.5 Å². The zero-order valence-corrected chi connectivity index (χ0v) is 22.4. The van der Waals surface area contributed by atoms with Gasteiger partial charge in [-0.05, 0) is 24.5 Å². The van der Waals surface area contributed by atoms with Gasteiger partial charge in [0.05, 0.1) is 16.6 Å².